The van der Waals surface area contributed by atoms with Gasteiger partial charge in [-0.2, -0.15) is 0 Å². The average Bonchev–Trinajstić information content (AvgIpc) is 2.45. The number of halogens is 1. The minimum absolute atomic E-state index is 0.183. The Kier molecular flexibility index (Phi) is 4.39. The first-order chi connectivity index (χ1) is 10.1. The van der Waals surface area contributed by atoms with Crippen LogP contribution in [0.4, 0.5) is 10.2 Å². The Balaban J connectivity index is 1.98. The summed E-state index contributed by atoms with van der Waals surface area (Å²) in [6.07, 6.45) is 2.44. The number of hydrogen-bond donors (Lipinski definition) is 2. The highest BCUT2D eigenvalue weighted by Crippen LogP contribution is 2.12. The number of hydrogen-bond acceptors (Lipinski definition) is 5. The third-order valence-electron chi connectivity index (χ3n) is 2.32. The zero-order valence-electron chi connectivity index (χ0n) is 10.6. The highest BCUT2D eigenvalue weighted by molar-refractivity contribution is 5.98. The molecule has 2 N–H and O–H groups in total. The molecule has 2 rings (SSSR count). The third kappa shape index (κ3) is 3.96. The van der Waals surface area contributed by atoms with Crippen molar-refractivity contribution in [3.05, 3.63) is 48.2 Å². The summed E-state index contributed by atoms with van der Waals surface area (Å²) in [5, 5.41) is 11.2. The van der Waals surface area contributed by atoms with E-state index in [4.69, 9.17) is 9.84 Å². The molecule has 0 saturated carbocycles. The van der Waals surface area contributed by atoms with Crippen LogP contribution < -0.4 is 10.1 Å². The van der Waals surface area contributed by atoms with Crippen molar-refractivity contribution in [3.63, 3.8) is 0 Å². The molecular weight excluding hydrogens is 281 g/mol. The van der Waals surface area contributed by atoms with Crippen LogP contribution in [0.5, 0.6) is 5.75 Å². The van der Waals surface area contributed by atoms with Crippen LogP contribution >= 0.6 is 0 Å². The predicted octanol–water partition coefficient (Wildman–Crippen LogP) is 1.33. The molecule has 0 saturated heterocycles. The quantitative estimate of drug-likeness (QED) is 0.861. The Labute approximate surface area is 118 Å². The zero-order valence-corrected chi connectivity index (χ0v) is 10.6. The molecule has 1 amide bonds. The Hall–Kier alpha value is -3.03. The van der Waals surface area contributed by atoms with E-state index in [9.17, 15) is 14.0 Å². The van der Waals surface area contributed by atoms with Crippen LogP contribution in [0.2, 0.25) is 0 Å². The van der Waals surface area contributed by atoms with Crippen LogP contribution in [0, 0.1) is 5.82 Å². The summed E-state index contributed by atoms with van der Waals surface area (Å²) in [4.78, 5) is 29.9. The van der Waals surface area contributed by atoms with Gasteiger partial charge in [0, 0.05) is 18.5 Å². The predicted molar refractivity (Wildman–Crippen MR) is 69.5 cm³/mol. The normalized spacial score (nSPS) is 9.95. The van der Waals surface area contributed by atoms with Gasteiger partial charge in [0.2, 0.25) is 0 Å². The standard InChI is InChI=1S/C13H10FN3O4/c14-8-2-1-3-9(6-8)21-7-10(18)17-12-11(13(19)20)15-4-5-16-12/h1-6H,7H2,(H,19,20)(H,16,17,18). The van der Waals surface area contributed by atoms with E-state index in [-0.39, 0.29) is 17.3 Å². The highest BCUT2D eigenvalue weighted by Gasteiger charge is 2.15. The van der Waals surface area contributed by atoms with Gasteiger partial charge in [0.1, 0.15) is 11.6 Å². The number of carbonyl (C=O) groups excluding carboxylic acids is 1. The van der Waals surface area contributed by atoms with Crippen LogP contribution in [0.15, 0.2) is 36.7 Å². The van der Waals surface area contributed by atoms with E-state index in [0.717, 1.165) is 6.07 Å². The fraction of sp³-hybridized carbons (Fsp3) is 0.0769. The van der Waals surface area contributed by atoms with E-state index in [1.54, 1.807) is 0 Å². The Morgan fingerprint density at radius 3 is 2.76 bits per heavy atom. The molecule has 0 aliphatic carbocycles. The van der Waals surface area contributed by atoms with Gasteiger partial charge in [-0.05, 0) is 12.1 Å². The molecule has 0 unspecified atom stereocenters. The van der Waals surface area contributed by atoms with Crippen molar-refractivity contribution in [2.24, 2.45) is 0 Å². The first-order valence-corrected chi connectivity index (χ1v) is 5.79. The number of carbonyl (C=O) groups is 2. The fourth-order valence-electron chi connectivity index (χ4n) is 1.46. The van der Waals surface area contributed by atoms with E-state index < -0.39 is 24.3 Å². The van der Waals surface area contributed by atoms with Crippen molar-refractivity contribution in [2.75, 3.05) is 11.9 Å². The molecule has 0 atom stereocenters. The summed E-state index contributed by atoms with van der Waals surface area (Å²) in [5.74, 6) is -2.44. The van der Waals surface area contributed by atoms with Gasteiger partial charge in [0.05, 0.1) is 0 Å². The highest BCUT2D eigenvalue weighted by atomic mass is 19.1. The van der Waals surface area contributed by atoms with Crippen LogP contribution in [-0.4, -0.2) is 33.6 Å². The second-order valence-electron chi connectivity index (χ2n) is 3.85. The van der Waals surface area contributed by atoms with E-state index in [0.29, 0.717) is 0 Å². The summed E-state index contributed by atoms with van der Waals surface area (Å²) in [6, 6.07) is 5.29. The smallest absolute Gasteiger partial charge is 0.358 e. The molecule has 0 aliphatic heterocycles. The topological polar surface area (TPSA) is 101 Å². The van der Waals surface area contributed by atoms with Gasteiger partial charge in [-0.3, -0.25) is 4.79 Å². The Morgan fingerprint density at radius 1 is 1.29 bits per heavy atom. The lowest BCUT2D eigenvalue weighted by Gasteiger charge is -2.08. The second kappa shape index (κ2) is 6.42. The molecule has 1 aromatic heterocycles. The fourth-order valence-corrected chi connectivity index (χ4v) is 1.46. The number of nitrogens with one attached hydrogen (secondary N) is 1. The van der Waals surface area contributed by atoms with Crippen molar-refractivity contribution >= 4 is 17.7 Å². The maximum atomic E-state index is 12.9. The number of amides is 1. The largest absolute Gasteiger partial charge is 0.484 e. The number of anilines is 1. The number of ether oxygens (including phenoxy) is 1. The lowest BCUT2D eigenvalue weighted by atomic mass is 10.3. The van der Waals surface area contributed by atoms with Crippen LogP contribution in [0.1, 0.15) is 10.5 Å². The minimum Gasteiger partial charge on any atom is -0.484 e. The molecule has 108 valence electrons. The Bertz CT molecular complexity index is 678. The molecule has 7 nitrogen and oxygen atoms in total. The summed E-state index contributed by atoms with van der Waals surface area (Å²) >= 11 is 0. The summed E-state index contributed by atoms with van der Waals surface area (Å²) in [5.41, 5.74) is -0.378. The SMILES string of the molecule is O=C(COc1cccc(F)c1)Nc1nccnc1C(=O)O. The number of aromatic carboxylic acids is 1. The second-order valence-corrected chi connectivity index (χ2v) is 3.85. The third-order valence-corrected chi connectivity index (χ3v) is 2.32. The molecule has 1 aromatic carbocycles. The van der Waals surface area contributed by atoms with Crippen LogP contribution in [0.3, 0.4) is 0 Å². The number of carboxylic acid groups (broad SMARTS) is 1. The van der Waals surface area contributed by atoms with E-state index >= 15 is 0 Å². The lowest BCUT2D eigenvalue weighted by Crippen LogP contribution is -2.22. The molecule has 2 aromatic rings. The molecule has 0 spiro atoms. The first-order valence-electron chi connectivity index (χ1n) is 5.79. The average molecular weight is 291 g/mol. The molecule has 0 radical (unpaired) electrons. The lowest BCUT2D eigenvalue weighted by molar-refractivity contribution is -0.118. The minimum atomic E-state index is -1.32. The van der Waals surface area contributed by atoms with Crippen molar-refractivity contribution in [3.8, 4) is 5.75 Å². The van der Waals surface area contributed by atoms with Crippen molar-refractivity contribution in [2.45, 2.75) is 0 Å². The number of rotatable bonds is 5. The summed E-state index contributed by atoms with van der Waals surface area (Å²) < 4.78 is 18.0. The molecule has 0 fully saturated rings. The summed E-state index contributed by atoms with van der Waals surface area (Å²) in [7, 11) is 0. The van der Waals surface area contributed by atoms with Gasteiger partial charge in [-0.15, -0.1) is 0 Å². The Morgan fingerprint density at radius 2 is 2.05 bits per heavy atom. The van der Waals surface area contributed by atoms with E-state index in [1.165, 1.54) is 30.6 Å². The molecular formula is C13H10FN3O4. The maximum Gasteiger partial charge on any atom is 0.358 e. The van der Waals surface area contributed by atoms with Gasteiger partial charge in [-0.1, -0.05) is 6.07 Å². The molecule has 1 heterocycles. The molecule has 0 bridgehead atoms. The van der Waals surface area contributed by atoms with Crippen LogP contribution in [-0.2, 0) is 4.79 Å². The van der Waals surface area contributed by atoms with Crippen molar-refractivity contribution in [1.29, 1.82) is 0 Å². The van der Waals surface area contributed by atoms with Crippen molar-refractivity contribution in [1.82, 2.24) is 9.97 Å². The van der Waals surface area contributed by atoms with Crippen molar-refractivity contribution < 1.29 is 23.8 Å². The summed E-state index contributed by atoms with van der Waals surface area (Å²) in [6.45, 7) is -0.418. The van der Waals surface area contributed by atoms with Gasteiger partial charge in [-0.25, -0.2) is 19.2 Å². The van der Waals surface area contributed by atoms with Gasteiger partial charge in [0.15, 0.2) is 18.1 Å². The maximum absolute atomic E-state index is 12.9. The van der Waals surface area contributed by atoms with Gasteiger partial charge in [0.25, 0.3) is 5.91 Å². The van der Waals surface area contributed by atoms with Gasteiger partial charge < -0.3 is 15.2 Å². The van der Waals surface area contributed by atoms with E-state index in [1.807, 2.05) is 0 Å². The monoisotopic (exact) mass is 291 g/mol. The number of carboxylic acids is 1. The zero-order chi connectivity index (χ0) is 15.2. The van der Waals surface area contributed by atoms with Gasteiger partial charge >= 0.3 is 5.97 Å². The number of benzene rings is 1. The van der Waals surface area contributed by atoms with E-state index in [2.05, 4.69) is 15.3 Å². The van der Waals surface area contributed by atoms with Crippen LogP contribution in [0.25, 0.3) is 0 Å². The first kappa shape index (κ1) is 14.4. The molecule has 0 aliphatic rings. The number of nitrogens with zero attached hydrogens (tertiary/aromatic N) is 2. The molecule has 8 heteroatoms. The number of aromatic nitrogens is 2. The molecule has 21 heavy (non-hydrogen) atoms.